The Balaban J connectivity index is 2.65. The van der Waals surface area contributed by atoms with E-state index in [9.17, 15) is 4.79 Å². The zero-order valence-electron chi connectivity index (χ0n) is 7.37. The maximum atomic E-state index is 11.0. The molecule has 0 radical (unpaired) electrons. The van der Waals surface area contributed by atoms with Gasteiger partial charge in [-0.25, -0.2) is 4.79 Å². The lowest BCUT2D eigenvalue weighted by molar-refractivity contribution is -0.141. The molecule has 1 aliphatic heterocycles. The molecular weight excluding hydrogens is 239 g/mol. The standard InChI is InChI=1S/C9H6Cl2N2O2/c10-7-5-3-1-2-4-6(5)9(11,8(14)15)13-12-7/h1-4,13H,(H,14,15). The molecule has 15 heavy (non-hydrogen) atoms. The summed E-state index contributed by atoms with van der Waals surface area (Å²) in [4.78, 5) is 9.30. The molecule has 0 spiro atoms. The van der Waals surface area contributed by atoms with E-state index in [1.54, 1.807) is 24.3 Å². The van der Waals surface area contributed by atoms with E-state index in [4.69, 9.17) is 28.3 Å². The molecule has 0 saturated carbocycles. The molecule has 0 aliphatic carbocycles. The summed E-state index contributed by atoms with van der Waals surface area (Å²) in [7, 11) is 0. The maximum Gasteiger partial charge on any atom is 0.351 e. The molecule has 0 amide bonds. The molecule has 4 nitrogen and oxygen atoms in total. The highest BCUT2D eigenvalue weighted by Gasteiger charge is 2.42. The quantitative estimate of drug-likeness (QED) is 0.584. The predicted octanol–water partition coefficient (Wildman–Crippen LogP) is 1.67. The van der Waals surface area contributed by atoms with Crippen molar-refractivity contribution in [2.24, 2.45) is 5.10 Å². The minimum absolute atomic E-state index is 0.197. The van der Waals surface area contributed by atoms with E-state index in [1.807, 2.05) is 0 Å². The summed E-state index contributed by atoms with van der Waals surface area (Å²) in [5, 5.41) is 12.9. The number of carboxylic acids is 1. The van der Waals surface area contributed by atoms with Gasteiger partial charge in [-0.2, -0.15) is 5.10 Å². The van der Waals surface area contributed by atoms with Crippen molar-refractivity contribution in [2.75, 3.05) is 0 Å². The van der Waals surface area contributed by atoms with E-state index in [-0.39, 0.29) is 5.17 Å². The fraction of sp³-hybridized carbons (Fsp3) is 0.111. The molecule has 0 aromatic heterocycles. The predicted molar refractivity (Wildman–Crippen MR) is 57.1 cm³/mol. The van der Waals surface area contributed by atoms with Crippen molar-refractivity contribution in [3.63, 3.8) is 0 Å². The number of hydrazone groups is 1. The molecular formula is C9H6Cl2N2O2. The fourth-order valence-corrected chi connectivity index (χ4v) is 1.79. The molecule has 0 fully saturated rings. The summed E-state index contributed by atoms with van der Waals surface area (Å²) in [5.74, 6) is -1.22. The van der Waals surface area contributed by atoms with Gasteiger partial charge in [0.05, 0.1) is 0 Å². The highest BCUT2D eigenvalue weighted by atomic mass is 35.5. The van der Waals surface area contributed by atoms with Crippen LogP contribution in [0.15, 0.2) is 29.4 Å². The molecule has 0 saturated heterocycles. The number of nitrogens with zero attached hydrogens (tertiary/aromatic N) is 1. The third-order valence-corrected chi connectivity index (χ3v) is 2.86. The van der Waals surface area contributed by atoms with E-state index >= 15 is 0 Å². The van der Waals surface area contributed by atoms with Crippen molar-refractivity contribution in [1.82, 2.24) is 5.43 Å². The average Bonchev–Trinajstić information content (AvgIpc) is 2.24. The Morgan fingerprint density at radius 1 is 1.47 bits per heavy atom. The second-order valence-corrected chi connectivity index (χ2v) is 3.95. The van der Waals surface area contributed by atoms with Gasteiger partial charge >= 0.3 is 5.97 Å². The lowest BCUT2D eigenvalue weighted by atomic mass is 9.99. The number of nitrogens with one attached hydrogen (secondary N) is 1. The number of carboxylic acid groups (broad SMARTS) is 1. The molecule has 2 rings (SSSR count). The van der Waals surface area contributed by atoms with Gasteiger partial charge in [0.1, 0.15) is 0 Å². The van der Waals surface area contributed by atoms with Crippen molar-refractivity contribution in [2.45, 2.75) is 5.00 Å². The monoisotopic (exact) mass is 244 g/mol. The molecule has 0 bridgehead atoms. The number of hydrogen-bond acceptors (Lipinski definition) is 3. The first kappa shape index (κ1) is 10.3. The number of halogens is 2. The first-order chi connectivity index (χ1) is 7.05. The van der Waals surface area contributed by atoms with E-state index in [1.165, 1.54) is 0 Å². The van der Waals surface area contributed by atoms with Crippen molar-refractivity contribution in [1.29, 1.82) is 0 Å². The minimum atomic E-state index is -1.74. The van der Waals surface area contributed by atoms with Gasteiger partial charge in [0.2, 0.25) is 0 Å². The maximum absolute atomic E-state index is 11.0. The molecule has 1 unspecified atom stereocenters. The summed E-state index contributed by atoms with van der Waals surface area (Å²) in [6.45, 7) is 0. The van der Waals surface area contributed by atoms with Crippen molar-refractivity contribution in [3.8, 4) is 0 Å². The lowest BCUT2D eigenvalue weighted by Gasteiger charge is -2.28. The van der Waals surface area contributed by atoms with Gasteiger partial charge in [0, 0.05) is 11.1 Å². The van der Waals surface area contributed by atoms with Gasteiger partial charge < -0.3 is 5.11 Å². The topological polar surface area (TPSA) is 61.7 Å². The summed E-state index contributed by atoms with van der Waals surface area (Å²) in [5.41, 5.74) is 3.23. The molecule has 1 heterocycles. The zero-order chi connectivity index (χ0) is 11.1. The van der Waals surface area contributed by atoms with E-state index in [0.29, 0.717) is 11.1 Å². The smallest absolute Gasteiger partial charge is 0.351 e. The van der Waals surface area contributed by atoms with Gasteiger partial charge in [0.15, 0.2) is 5.17 Å². The molecule has 1 aliphatic rings. The van der Waals surface area contributed by atoms with Crippen LogP contribution in [0.5, 0.6) is 0 Å². The molecule has 1 atom stereocenters. The SMILES string of the molecule is O=C(O)C1(Cl)NN=C(Cl)c2ccccc21. The van der Waals surface area contributed by atoms with Gasteiger partial charge in [-0.05, 0) is 0 Å². The summed E-state index contributed by atoms with van der Waals surface area (Å²) in [6.07, 6.45) is 0. The molecule has 6 heteroatoms. The first-order valence-corrected chi connectivity index (χ1v) is 4.84. The largest absolute Gasteiger partial charge is 0.478 e. The van der Waals surface area contributed by atoms with E-state index in [2.05, 4.69) is 10.5 Å². The minimum Gasteiger partial charge on any atom is -0.478 e. The third-order valence-electron chi connectivity index (χ3n) is 2.12. The fourth-order valence-electron chi connectivity index (χ4n) is 1.37. The number of hydrogen-bond donors (Lipinski definition) is 2. The number of aliphatic carboxylic acids is 1. The average molecular weight is 245 g/mol. The van der Waals surface area contributed by atoms with Gasteiger partial charge in [0.25, 0.3) is 5.00 Å². The van der Waals surface area contributed by atoms with Crippen LogP contribution in [0, 0.1) is 0 Å². The van der Waals surface area contributed by atoms with Crippen molar-refractivity contribution < 1.29 is 9.90 Å². The normalized spacial score (nSPS) is 23.7. The zero-order valence-corrected chi connectivity index (χ0v) is 8.88. The van der Waals surface area contributed by atoms with Crippen LogP contribution in [0.2, 0.25) is 0 Å². The van der Waals surface area contributed by atoms with Crippen LogP contribution in [-0.4, -0.2) is 16.2 Å². The first-order valence-electron chi connectivity index (χ1n) is 4.08. The molecule has 2 N–H and O–H groups in total. The van der Waals surface area contributed by atoms with E-state index < -0.39 is 11.0 Å². The lowest BCUT2D eigenvalue weighted by Crippen LogP contribution is -2.45. The number of rotatable bonds is 1. The summed E-state index contributed by atoms with van der Waals surface area (Å²) >= 11 is 11.7. The Labute approximate surface area is 95.5 Å². The van der Waals surface area contributed by atoms with Crippen LogP contribution in [-0.2, 0) is 9.79 Å². The number of benzene rings is 1. The third kappa shape index (κ3) is 1.46. The second-order valence-electron chi connectivity index (χ2n) is 3.02. The highest BCUT2D eigenvalue weighted by molar-refractivity contribution is 6.70. The van der Waals surface area contributed by atoms with Crippen LogP contribution in [0.4, 0.5) is 0 Å². The Bertz CT molecular complexity index is 461. The van der Waals surface area contributed by atoms with Crippen molar-refractivity contribution in [3.05, 3.63) is 35.4 Å². The highest BCUT2D eigenvalue weighted by Crippen LogP contribution is 2.33. The number of alkyl halides is 1. The van der Waals surface area contributed by atoms with Gasteiger partial charge in [-0.3, -0.25) is 5.43 Å². The second kappa shape index (κ2) is 3.40. The van der Waals surface area contributed by atoms with Crippen LogP contribution in [0.1, 0.15) is 11.1 Å². The van der Waals surface area contributed by atoms with Crippen LogP contribution in [0.25, 0.3) is 0 Å². The number of carbonyl (C=O) groups is 1. The van der Waals surface area contributed by atoms with Crippen LogP contribution < -0.4 is 5.43 Å². The van der Waals surface area contributed by atoms with Crippen molar-refractivity contribution >= 4 is 34.3 Å². The molecule has 1 aromatic carbocycles. The molecule has 1 aromatic rings. The summed E-state index contributed by atoms with van der Waals surface area (Å²) < 4.78 is 0. The van der Waals surface area contributed by atoms with Gasteiger partial charge in [-0.1, -0.05) is 47.5 Å². The summed E-state index contributed by atoms with van der Waals surface area (Å²) in [6, 6.07) is 6.69. The van der Waals surface area contributed by atoms with Crippen LogP contribution >= 0.6 is 23.2 Å². The Hall–Kier alpha value is -1.26. The van der Waals surface area contributed by atoms with E-state index in [0.717, 1.165) is 0 Å². The number of fused-ring (bicyclic) bond motifs is 1. The Kier molecular flexibility index (Phi) is 2.32. The van der Waals surface area contributed by atoms with Gasteiger partial charge in [-0.15, -0.1) is 0 Å². The van der Waals surface area contributed by atoms with Crippen LogP contribution in [0.3, 0.4) is 0 Å². The molecule has 78 valence electrons. The Morgan fingerprint density at radius 2 is 2.13 bits per heavy atom. The Morgan fingerprint density at radius 3 is 2.80 bits per heavy atom.